The Hall–Kier alpha value is -3.43. The highest BCUT2D eigenvalue weighted by Gasteiger charge is 2.24. The second kappa shape index (κ2) is 8.41. The van der Waals surface area contributed by atoms with Crippen LogP contribution in [0.2, 0.25) is 5.02 Å². The Labute approximate surface area is 198 Å². The molecule has 2 aromatic heterocycles. The Morgan fingerprint density at radius 3 is 2.62 bits per heavy atom. The van der Waals surface area contributed by atoms with Crippen molar-refractivity contribution >= 4 is 33.9 Å². The fourth-order valence-electron chi connectivity index (χ4n) is 4.75. The van der Waals surface area contributed by atoms with Gasteiger partial charge in [-0.25, -0.2) is 9.59 Å². The summed E-state index contributed by atoms with van der Waals surface area (Å²) in [5.74, 6) is 1.62. The van der Waals surface area contributed by atoms with Crippen molar-refractivity contribution < 1.29 is 18.4 Å². The van der Waals surface area contributed by atoms with Crippen LogP contribution in [0.3, 0.4) is 0 Å². The monoisotopic (exact) mass is 483 g/mol. The Morgan fingerprint density at radius 2 is 1.76 bits per heavy atom. The van der Waals surface area contributed by atoms with Crippen LogP contribution in [0, 0.1) is 0 Å². The summed E-state index contributed by atoms with van der Waals surface area (Å²) in [4.78, 5) is 28.3. The molecule has 0 aliphatic carbocycles. The SMILES string of the molecule is O=c1oc2c(CCN3CCN(c4cccc5c4OCCO5)CC3)c3cc(Cl)ccc3n2oc1=O. The number of nitrogens with zero attached hydrogens (tertiary/aromatic N) is 3. The molecule has 0 amide bonds. The molecule has 176 valence electrons. The largest absolute Gasteiger partial charge is 0.486 e. The first-order valence-corrected chi connectivity index (χ1v) is 11.6. The quantitative estimate of drug-likeness (QED) is 0.409. The van der Waals surface area contributed by atoms with Gasteiger partial charge in [-0.1, -0.05) is 17.7 Å². The van der Waals surface area contributed by atoms with Crippen LogP contribution < -0.4 is 25.6 Å². The Balaban J connectivity index is 1.21. The summed E-state index contributed by atoms with van der Waals surface area (Å²) in [6.45, 7) is 5.33. The highest BCUT2D eigenvalue weighted by molar-refractivity contribution is 6.31. The van der Waals surface area contributed by atoms with Crippen LogP contribution in [0.4, 0.5) is 5.69 Å². The lowest BCUT2D eigenvalue weighted by atomic mass is 10.1. The molecule has 1 fully saturated rings. The van der Waals surface area contributed by atoms with Crippen molar-refractivity contribution in [2.24, 2.45) is 0 Å². The molecule has 9 nitrogen and oxygen atoms in total. The maximum atomic E-state index is 11.9. The van der Waals surface area contributed by atoms with Gasteiger partial charge in [0.15, 0.2) is 11.5 Å². The number of hydrogen-bond donors (Lipinski definition) is 0. The molecule has 10 heteroatoms. The molecule has 0 atom stereocenters. The number of aromatic nitrogens is 1. The molecule has 0 spiro atoms. The van der Waals surface area contributed by atoms with E-state index in [2.05, 4.69) is 15.9 Å². The summed E-state index contributed by atoms with van der Waals surface area (Å²) in [5, 5.41) is 1.36. The van der Waals surface area contributed by atoms with Gasteiger partial charge in [-0.2, -0.15) is 0 Å². The van der Waals surface area contributed by atoms with Gasteiger partial charge in [0, 0.05) is 48.7 Å². The number of anilines is 1. The third kappa shape index (κ3) is 3.61. The van der Waals surface area contributed by atoms with E-state index in [0.29, 0.717) is 30.2 Å². The van der Waals surface area contributed by atoms with Crippen molar-refractivity contribution in [2.45, 2.75) is 6.42 Å². The Bertz CT molecular complexity index is 1500. The van der Waals surface area contributed by atoms with Crippen molar-refractivity contribution in [1.82, 2.24) is 9.47 Å². The average Bonchev–Trinajstić information content (AvgIpc) is 3.14. The Kier molecular flexibility index (Phi) is 5.23. The van der Waals surface area contributed by atoms with E-state index < -0.39 is 11.3 Å². The van der Waals surface area contributed by atoms with E-state index in [1.54, 1.807) is 18.2 Å². The molecular weight excluding hydrogens is 462 g/mol. The van der Waals surface area contributed by atoms with E-state index in [0.717, 1.165) is 60.9 Å². The molecule has 1 saturated heterocycles. The van der Waals surface area contributed by atoms with Crippen molar-refractivity contribution in [3.05, 3.63) is 67.8 Å². The minimum absolute atomic E-state index is 0.244. The molecule has 0 saturated carbocycles. The number of ether oxygens (including phenoxy) is 2. The molecule has 34 heavy (non-hydrogen) atoms. The van der Waals surface area contributed by atoms with Crippen LogP contribution in [0.25, 0.3) is 16.6 Å². The first-order chi connectivity index (χ1) is 16.6. The molecule has 0 N–H and O–H groups in total. The van der Waals surface area contributed by atoms with E-state index >= 15 is 0 Å². The lowest BCUT2D eigenvalue weighted by molar-refractivity contribution is 0.171. The standard InChI is InChI=1S/C24H22ClN3O6/c25-15-4-5-18-17(14-15)16(22-28(18)34-24(30)23(29)33-22)6-7-26-8-10-27(11-9-26)19-2-1-3-20-21(19)32-13-12-31-20/h1-5,14H,6-13H2. The van der Waals surface area contributed by atoms with Gasteiger partial charge in [-0.15, -0.1) is 4.57 Å². The summed E-state index contributed by atoms with van der Waals surface area (Å²) in [6, 6.07) is 11.3. The second-order valence-corrected chi connectivity index (χ2v) is 8.82. The van der Waals surface area contributed by atoms with E-state index in [1.165, 1.54) is 4.57 Å². The maximum absolute atomic E-state index is 11.9. The summed E-state index contributed by atoms with van der Waals surface area (Å²) < 4.78 is 23.4. The molecule has 4 aromatic rings. The first kappa shape index (κ1) is 21.1. The van der Waals surface area contributed by atoms with Crippen molar-refractivity contribution in [3.63, 3.8) is 0 Å². The minimum Gasteiger partial charge on any atom is -0.486 e. The number of halogens is 1. The molecule has 0 bridgehead atoms. The molecule has 0 radical (unpaired) electrons. The molecule has 2 aromatic carbocycles. The van der Waals surface area contributed by atoms with Gasteiger partial charge in [0.25, 0.3) is 0 Å². The second-order valence-electron chi connectivity index (χ2n) is 8.39. The third-order valence-electron chi connectivity index (χ3n) is 6.41. The predicted molar refractivity (Wildman–Crippen MR) is 127 cm³/mol. The topological polar surface area (TPSA) is 89.8 Å². The summed E-state index contributed by atoms with van der Waals surface area (Å²) in [7, 11) is 0. The summed E-state index contributed by atoms with van der Waals surface area (Å²) in [5.41, 5.74) is 0.675. The fourth-order valence-corrected chi connectivity index (χ4v) is 4.92. The van der Waals surface area contributed by atoms with Crippen LogP contribution >= 0.6 is 11.6 Å². The van der Waals surface area contributed by atoms with Gasteiger partial charge in [0.05, 0.1) is 11.2 Å². The highest BCUT2D eigenvalue weighted by atomic mass is 35.5. The van der Waals surface area contributed by atoms with Gasteiger partial charge < -0.3 is 23.3 Å². The van der Waals surface area contributed by atoms with Crippen molar-refractivity contribution in [3.8, 4) is 11.5 Å². The molecule has 2 aliphatic heterocycles. The van der Waals surface area contributed by atoms with Gasteiger partial charge in [0.2, 0.25) is 5.71 Å². The van der Waals surface area contributed by atoms with E-state index in [-0.39, 0.29) is 5.71 Å². The number of fused-ring (bicyclic) bond motifs is 4. The molecule has 0 unspecified atom stereocenters. The summed E-state index contributed by atoms with van der Waals surface area (Å²) in [6.07, 6.45) is 0.613. The zero-order valence-corrected chi connectivity index (χ0v) is 19.0. The predicted octanol–water partition coefficient (Wildman–Crippen LogP) is 2.79. The van der Waals surface area contributed by atoms with Crippen molar-refractivity contribution in [2.75, 3.05) is 50.8 Å². The van der Waals surface area contributed by atoms with Crippen LogP contribution in [0.15, 0.2) is 54.9 Å². The van der Waals surface area contributed by atoms with E-state index in [9.17, 15) is 9.59 Å². The first-order valence-electron chi connectivity index (χ1n) is 11.2. The maximum Gasteiger partial charge on any atom is 0.442 e. The number of piperazine rings is 1. The fraction of sp³-hybridized carbons (Fsp3) is 0.333. The van der Waals surface area contributed by atoms with E-state index in [1.807, 2.05) is 12.1 Å². The Morgan fingerprint density at radius 1 is 0.941 bits per heavy atom. The third-order valence-corrected chi connectivity index (χ3v) is 6.65. The number of benzene rings is 2. The molecular formula is C24H22ClN3O6. The zero-order valence-electron chi connectivity index (χ0n) is 18.3. The minimum atomic E-state index is -1.04. The van der Waals surface area contributed by atoms with E-state index in [4.69, 9.17) is 30.0 Å². The molecule has 4 heterocycles. The normalized spacial score (nSPS) is 16.4. The number of rotatable bonds is 4. The van der Waals surface area contributed by atoms with Gasteiger partial charge in [0.1, 0.15) is 13.2 Å². The number of hydrogen-bond acceptors (Lipinski definition) is 8. The highest BCUT2D eigenvalue weighted by Crippen LogP contribution is 2.39. The molecule has 2 aliphatic rings. The van der Waals surface area contributed by atoms with Crippen LogP contribution in [0.5, 0.6) is 11.5 Å². The van der Waals surface area contributed by atoms with Gasteiger partial charge in [-0.3, -0.25) is 4.90 Å². The van der Waals surface area contributed by atoms with Gasteiger partial charge >= 0.3 is 11.3 Å². The number of para-hydroxylation sites is 1. The van der Waals surface area contributed by atoms with Crippen LogP contribution in [-0.2, 0) is 6.42 Å². The smallest absolute Gasteiger partial charge is 0.442 e. The average molecular weight is 484 g/mol. The van der Waals surface area contributed by atoms with Crippen LogP contribution in [-0.4, -0.2) is 55.4 Å². The summed E-state index contributed by atoms with van der Waals surface area (Å²) >= 11 is 6.23. The lowest BCUT2D eigenvalue weighted by Gasteiger charge is -2.37. The van der Waals surface area contributed by atoms with Crippen LogP contribution in [0.1, 0.15) is 5.56 Å². The van der Waals surface area contributed by atoms with Crippen molar-refractivity contribution in [1.29, 1.82) is 0 Å². The van der Waals surface area contributed by atoms with Gasteiger partial charge in [-0.05, 0) is 36.8 Å². The molecule has 6 rings (SSSR count). The lowest BCUT2D eigenvalue weighted by Crippen LogP contribution is -2.47. The zero-order chi connectivity index (χ0) is 23.2.